The molecular formula is C21H22O8. The van der Waals surface area contributed by atoms with Gasteiger partial charge in [0, 0.05) is 5.56 Å². The summed E-state index contributed by atoms with van der Waals surface area (Å²) < 4.78 is 27.9. The fourth-order valence-corrected chi connectivity index (χ4v) is 3.12. The number of benzene rings is 2. The van der Waals surface area contributed by atoms with Gasteiger partial charge in [-0.05, 0) is 35.9 Å². The molecule has 0 amide bonds. The van der Waals surface area contributed by atoms with E-state index in [1.807, 2.05) is 0 Å². The number of rotatable bonds is 7. The first-order chi connectivity index (χ1) is 14.1. The van der Waals surface area contributed by atoms with Gasteiger partial charge in [-0.25, -0.2) is 0 Å². The van der Waals surface area contributed by atoms with Crippen LogP contribution in [0.2, 0.25) is 0 Å². The normalized spacial score (nSPS) is 17.8. The average molecular weight is 402 g/mol. The van der Waals surface area contributed by atoms with Crippen LogP contribution in [0.5, 0.6) is 34.5 Å². The van der Waals surface area contributed by atoms with Crippen LogP contribution in [0.15, 0.2) is 30.3 Å². The van der Waals surface area contributed by atoms with Gasteiger partial charge in [0.05, 0.1) is 27.9 Å². The van der Waals surface area contributed by atoms with Crippen molar-refractivity contribution < 1.29 is 38.7 Å². The summed E-state index contributed by atoms with van der Waals surface area (Å²) >= 11 is 0. The lowest BCUT2D eigenvalue weighted by Crippen LogP contribution is -2.36. The Kier molecular flexibility index (Phi) is 6.13. The van der Waals surface area contributed by atoms with Gasteiger partial charge in [-0.2, -0.15) is 0 Å². The first kappa shape index (κ1) is 20.3. The third-order valence-electron chi connectivity index (χ3n) is 4.50. The number of phenols is 1. The van der Waals surface area contributed by atoms with E-state index in [2.05, 4.69) is 0 Å². The van der Waals surface area contributed by atoms with Gasteiger partial charge < -0.3 is 33.9 Å². The number of hydrogen-bond acceptors (Lipinski definition) is 8. The molecule has 2 aromatic rings. The number of methoxy groups -OCH3 is 3. The molecular weight excluding hydrogens is 380 g/mol. The minimum absolute atomic E-state index is 0.139. The molecule has 0 saturated heterocycles. The molecule has 3 rings (SSSR count). The minimum atomic E-state index is -0.744. The zero-order chi connectivity index (χ0) is 21.0. The van der Waals surface area contributed by atoms with Gasteiger partial charge in [0.2, 0.25) is 11.5 Å². The molecule has 0 fully saturated rings. The van der Waals surface area contributed by atoms with E-state index >= 15 is 0 Å². The summed E-state index contributed by atoms with van der Waals surface area (Å²) in [6.45, 7) is -0.328. The second kappa shape index (κ2) is 8.74. The van der Waals surface area contributed by atoms with Gasteiger partial charge >= 0.3 is 0 Å². The molecule has 0 aliphatic carbocycles. The molecule has 0 radical (unpaired) electrons. The van der Waals surface area contributed by atoms with Gasteiger partial charge in [0.15, 0.2) is 35.2 Å². The van der Waals surface area contributed by atoms with E-state index in [4.69, 9.17) is 23.7 Å². The van der Waals surface area contributed by atoms with Crippen LogP contribution >= 0.6 is 0 Å². The maximum Gasteiger partial charge on any atom is 0.204 e. The highest BCUT2D eigenvalue weighted by molar-refractivity contribution is 5.75. The van der Waals surface area contributed by atoms with Crippen molar-refractivity contribution in [3.63, 3.8) is 0 Å². The third kappa shape index (κ3) is 3.93. The molecule has 29 heavy (non-hydrogen) atoms. The Labute approximate surface area is 167 Å². The van der Waals surface area contributed by atoms with Crippen molar-refractivity contribution in [3.8, 4) is 34.5 Å². The molecule has 8 nitrogen and oxygen atoms in total. The van der Waals surface area contributed by atoms with Crippen molar-refractivity contribution in [3.05, 3.63) is 41.5 Å². The van der Waals surface area contributed by atoms with E-state index in [9.17, 15) is 15.0 Å². The molecule has 0 unspecified atom stereocenters. The van der Waals surface area contributed by atoms with Crippen LogP contribution in [0.1, 0.15) is 17.2 Å². The Hall–Kier alpha value is -3.39. The molecule has 154 valence electrons. The zero-order valence-corrected chi connectivity index (χ0v) is 16.2. The summed E-state index contributed by atoms with van der Waals surface area (Å²) in [5, 5.41) is 20.0. The van der Waals surface area contributed by atoms with Crippen molar-refractivity contribution >= 4 is 12.4 Å². The maximum atomic E-state index is 10.6. The van der Waals surface area contributed by atoms with Gasteiger partial charge in [0.25, 0.3) is 0 Å². The highest BCUT2D eigenvalue weighted by Crippen LogP contribution is 2.48. The molecule has 0 saturated carbocycles. The van der Waals surface area contributed by atoms with Crippen LogP contribution in [0.4, 0.5) is 0 Å². The molecule has 2 atom stereocenters. The van der Waals surface area contributed by atoms with E-state index in [1.165, 1.54) is 27.4 Å². The number of aromatic hydroxyl groups is 1. The number of aliphatic hydroxyl groups excluding tert-OH is 1. The fourth-order valence-electron chi connectivity index (χ4n) is 3.12. The van der Waals surface area contributed by atoms with E-state index in [1.54, 1.807) is 30.3 Å². The number of carbonyl (C=O) groups excluding carboxylic acids is 1. The Balaban J connectivity index is 2.08. The number of aldehydes is 1. The number of aliphatic hydroxyl groups is 1. The maximum absolute atomic E-state index is 10.6. The van der Waals surface area contributed by atoms with E-state index in [-0.39, 0.29) is 23.9 Å². The highest BCUT2D eigenvalue weighted by atomic mass is 16.6. The number of allylic oxidation sites excluding steroid dienone is 1. The van der Waals surface area contributed by atoms with Crippen LogP contribution in [0.3, 0.4) is 0 Å². The number of phenolic OH excluding ortho intramolecular Hbond substituents is 1. The molecule has 2 N–H and O–H groups in total. The first-order valence-electron chi connectivity index (χ1n) is 8.79. The Morgan fingerprint density at radius 3 is 2.21 bits per heavy atom. The van der Waals surface area contributed by atoms with E-state index in [0.29, 0.717) is 34.7 Å². The quantitative estimate of drug-likeness (QED) is 0.538. The van der Waals surface area contributed by atoms with E-state index in [0.717, 1.165) is 0 Å². The molecule has 0 spiro atoms. The first-order valence-corrected chi connectivity index (χ1v) is 8.79. The monoisotopic (exact) mass is 402 g/mol. The third-order valence-corrected chi connectivity index (χ3v) is 4.50. The van der Waals surface area contributed by atoms with Crippen LogP contribution in [0, 0.1) is 0 Å². The lowest BCUT2D eigenvalue weighted by molar-refractivity contribution is -0.104. The largest absolute Gasteiger partial charge is 0.502 e. The Morgan fingerprint density at radius 1 is 1.00 bits per heavy atom. The van der Waals surface area contributed by atoms with Crippen LogP contribution in [-0.2, 0) is 4.79 Å². The summed E-state index contributed by atoms with van der Waals surface area (Å²) in [7, 11) is 4.33. The smallest absolute Gasteiger partial charge is 0.204 e. The number of carbonyl (C=O) groups is 1. The molecule has 1 aliphatic heterocycles. The Bertz CT molecular complexity index is 896. The SMILES string of the molecule is COc1cc([C@@H]2Oc3cc(/C=C/C=O)cc(OC)c3O[C@H]2CO)cc(OC)c1O. The Morgan fingerprint density at radius 2 is 1.66 bits per heavy atom. The van der Waals surface area contributed by atoms with Gasteiger partial charge in [-0.3, -0.25) is 4.79 Å². The van der Waals surface area contributed by atoms with Gasteiger partial charge in [-0.1, -0.05) is 6.08 Å². The lowest BCUT2D eigenvalue weighted by atomic mass is 10.0. The van der Waals surface area contributed by atoms with E-state index < -0.39 is 12.2 Å². The summed E-state index contributed by atoms with van der Waals surface area (Å²) in [6, 6.07) is 6.58. The number of hydrogen-bond donors (Lipinski definition) is 2. The topological polar surface area (TPSA) is 104 Å². The molecule has 1 aliphatic rings. The molecule has 0 aromatic heterocycles. The van der Waals surface area contributed by atoms with Crippen LogP contribution in [-0.4, -0.2) is 50.5 Å². The zero-order valence-electron chi connectivity index (χ0n) is 16.2. The minimum Gasteiger partial charge on any atom is -0.502 e. The number of ether oxygens (including phenoxy) is 5. The predicted octanol–water partition coefficient (Wildman–Crippen LogP) is 2.50. The second-order valence-electron chi connectivity index (χ2n) is 6.20. The molecule has 8 heteroatoms. The standard InChI is InChI=1S/C21H22O8/c1-25-14-9-13(10-15(26-2)19(14)24)20-18(11-23)29-21-16(27-3)7-12(5-4-6-22)8-17(21)28-20/h4-10,18,20,23-24H,11H2,1-3H3/b5-4+/t18-,20-/m0/s1. The van der Waals surface area contributed by atoms with Crippen molar-refractivity contribution in [2.75, 3.05) is 27.9 Å². The predicted molar refractivity (Wildman–Crippen MR) is 104 cm³/mol. The van der Waals surface area contributed by atoms with Crippen LogP contribution in [0.25, 0.3) is 6.08 Å². The van der Waals surface area contributed by atoms with Crippen LogP contribution < -0.4 is 23.7 Å². The lowest BCUT2D eigenvalue weighted by Gasteiger charge is -2.34. The molecule has 1 heterocycles. The summed E-state index contributed by atoms with van der Waals surface area (Å²) in [5.41, 5.74) is 1.26. The van der Waals surface area contributed by atoms with Crippen molar-refractivity contribution in [2.24, 2.45) is 0 Å². The average Bonchev–Trinajstić information content (AvgIpc) is 2.76. The molecule has 0 bridgehead atoms. The van der Waals surface area contributed by atoms with Crippen molar-refractivity contribution in [1.82, 2.24) is 0 Å². The summed E-state index contributed by atoms with van der Waals surface area (Å²) in [4.78, 5) is 10.6. The van der Waals surface area contributed by atoms with Crippen molar-refractivity contribution in [2.45, 2.75) is 12.2 Å². The van der Waals surface area contributed by atoms with Gasteiger partial charge in [0.1, 0.15) is 6.29 Å². The highest BCUT2D eigenvalue weighted by Gasteiger charge is 2.35. The second-order valence-corrected chi connectivity index (χ2v) is 6.20. The number of fused-ring (bicyclic) bond motifs is 1. The van der Waals surface area contributed by atoms with Crippen molar-refractivity contribution in [1.29, 1.82) is 0 Å². The fraction of sp³-hybridized carbons (Fsp3) is 0.286. The summed E-state index contributed by atoms with van der Waals surface area (Å²) in [6.07, 6.45) is 2.17. The summed E-state index contributed by atoms with van der Waals surface area (Å²) in [5.74, 6) is 1.40. The molecule has 2 aromatic carbocycles. The van der Waals surface area contributed by atoms with Gasteiger partial charge in [-0.15, -0.1) is 0 Å².